The number of nitrogens with two attached hydrogens (primary N) is 1. The van der Waals surface area contributed by atoms with Crippen molar-refractivity contribution in [1.82, 2.24) is 4.90 Å². The van der Waals surface area contributed by atoms with Crippen LogP contribution in [0.3, 0.4) is 0 Å². The normalized spacial score (nSPS) is 17.9. The monoisotopic (exact) mass is 252 g/mol. The molecule has 0 spiro atoms. The number of rotatable bonds is 4. The van der Waals surface area contributed by atoms with Crippen LogP contribution in [0.15, 0.2) is 18.2 Å². The predicted octanol–water partition coefficient (Wildman–Crippen LogP) is 1.80. The predicted molar refractivity (Wildman–Crippen MR) is 70.3 cm³/mol. The molecular formula is C14H21FN2O. The van der Waals surface area contributed by atoms with Gasteiger partial charge in [0.25, 0.3) is 0 Å². The Morgan fingerprint density at radius 1 is 1.39 bits per heavy atom. The summed E-state index contributed by atoms with van der Waals surface area (Å²) in [5.74, 6) is 0.0263. The Labute approximate surface area is 108 Å². The smallest absolute Gasteiger partial charge is 0.165 e. The molecule has 2 N–H and O–H groups in total. The Balaban J connectivity index is 1.84. The molecule has 0 amide bonds. The van der Waals surface area contributed by atoms with Crippen LogP contribution in [0.1, 0.15) is 18.4 Å². The number of ether oxygens (including phenoxy) is 1. The molecule has 100 valence electrons. The molecule has 0 radical (unpaired) electrons. The van der Waals surface area contributed by atoms with Crippen LogP contribution in [0.25, 0.3) is 0 Å². The summed E-state index contributed by atoms with van der Waals surface area (Å²) in [5.41, 5.74) is 6.88. The van der Waals surface area contributed by atoms with Crippen molar-refractivity contribution in [3.05, 3.63) is 29.6 Å². The highest BCUT2D eigenvalue weighted by atomic mass is 19.1. The van der Waals surface area contributed by atoms with Crippen molar-refractivity contribution in [2.75, 3.05) is 26.7 Å². The minimum absolute atomic E-state index is 0.282. The summed E-state index contributed by atoms with van der Waals surface area (Å²) in [6, 6.07) is 5.54. The number of piperidine rings is 1. The fraction of sp³-hybridized carbons (Fsp3) is 0.571. The molecule has 0 saturated carbocycles. The lowest BCUT2D eigenvalue weighted by Crippen LogP contribution is -2.40. The van der Waals surface area contributed by atoms with Gasteiger partial charge in [-0.15, -0.1) is 0 Å². The van der Waals surface area contributed by atoms with Crippen molar-refractivity contribution in [2.45, 2.75) is 25.3 Å². The van der Waals surface area contributed by atoms with Crippen LogP contribution in [0.2, 0.25) is 0 Å². The Morgan fingerprint density at radius 2 is 2.11 bits per heavy atom. The van der Waals surface area contributed by atoms with Crippen molar-refractivity contribution in [2.24, 2.45) is 5.73 Å². The minimum Gasteiger partial charge on any atom is -0.494 e. The lowest BCUT2D eigenvalue weighted by molar-refractivity contribution is 0.215. The van der Waals surface area contributed by atoms with Gasteiger partial charge in [-0.2, -0.15) is 0 Å². The van der Waals surface area contributed by atoms with E-state index in [4.69, 9.17) is 10.5 Å². The Bertz CT molecular complexity index is 389. The Kier molecular flexibility index (Phi) is 4.55. The molecule has 0 aromatic heterocycles. The number of methoxy groups -OCH3 is 1. The molecule has 18 heavy (non-hydrogen) atoms. The number of likely N-dealkylation sites (tertiary alicyclic amines) is 1. The maximum atomic E-state index is 13.5. The molecule has 1 fully saturated rings. The van der Waals surface area contributed by atoms with Crippen LogP contribution < -0.4 is 10.5 Å². The van der Waals surface area contributed by atoms with E-state index in [1.54, 1.807) is 12.1 Å². The van der Waals surface area contributed by atoms with Gasteiger partial charge in [0.15, 0.2) is 11.6 Å². The topological polar surface area (TPSA) is 38.5 Å². The van der Waals surface area contributed by atoms with Crippen molar-refractivity contribution < 1.29 is 9.13 Å². The molecule has 1 heterocycles. The molecular weight excluding hydrogens is 231 g/mol. The van der Waals surface area contributed by atoms with E-state index >= 15 is 0 Å². The average Bonchev–Trinajstić information content (AvgIpc) is 2.38. The van der Waals surface area contributed by atoms with Crippen LogP contribution >= 0.6 is 0 Å². The van der Waals surface area contributed by atoms with E-state index in [1.165, 1.54) is 7.11 Å². The number of halogens is 1. The van der Waals surface area contributed by atoms with Crippen molar-refractivity contribution in [1.29, 1.82) is 0 Å². The van der Waals surface area contributed by atoms with Gasteiger partial charge in [0.2, 0.25) is 0 Å². The summed E-state index contributed by atoms with van der Waals surface area (Å²) in [5, 5.41) is 0. The summed E-state index contributed by atoms with van der Waals surface area (Å²) >= 11 is 0. The van der Waals surface area contributed by atoms with E-state index in [0.717, 1.165) is 44.5 Å². The van der Waals surface area contributed by atoms with Gasteiger partial charge < -0.3 is 15.4 Å². The van der Waals surface area contributed by atoms with Gasteiger partial charge in [0.05, 0.1) is 7.11 Å². The van der Waals surface area contributed by atoms with E-state index in [-0.39, 0.29) is 5.82 Å². The number of nitrogens with zero attached hydrogens (tertiary/aromatic N) is 1. The summed E-state index contributed by atoms with van der Waals surface area (Å²) in [4.78, 5) is 2.39. The molecule has 1 saturated heterocycles. The molecule has 0 unspecified atom stereocenters. The third-order valence-corrected chi connectivity index (χ3v) is 3.57. The third-order valence-electron chi connectivity index (χ3n) is 3.57. The SMILES string of the molecule is COc1ccc(CCN2CCC(N)CC2)cc1F. The van der Waals surface area contributed by atoms with Gasteiger partial charge >= 0.3 is 0 Å². The molecule has 1 aliphatic rings. The summed E-state index contributed by atoms with van der Waals surface area (Å²) in [6.45, 7) is 3.08. The highest BCUT2D eigenvalue weighted by molar-refractivity contribution is 5.29. The van der Waals surface area contributed by atoms with Crippen molar-refractivity contribution >= 4 is 0 Å². The van der Waals surface area contributed by atoms with Crippen molar-refractivity contribution in [3.8, 4) is 5.75 Å². The largest absolute Gasteiger partial charge is 0.494 e. The highest BCUT2D eigenvalue weighted by Gasteiger charge is 2.15. The lowest BCUT2D eigenvalue weighted by atomic mass is 10.1. The van der Waals surface area contributed by atoms with Gasteiger partial charge in [-0.3, -0.25) is 0 Å². The molecule has 1 aromatic carbocycles. The van der Waals surface area contributed by atoms with Gasteiger partial charge in [-0.05, 0) is 50.0 Å². The molecule has 1 aromatic rings. The van der Waals surface area contributed by atoms with Crippen LogP contribution in [0.5, 0.6) is 5.75 Å². The second-order valence-corrected chi connectivity index (χ2v) is 4.90. The quantitative estimate of drug-likeness (QED) is 0.888. The Morgan fingerprint density at radius 3 is 2.72 bits per heavy atom. The maximum absolute atomic E-state index is 13.5. The fourth-order valence-electron chi connectivity index (χ4n) is 2.33. The molecule has 0 bridgehead atoms. The zero-order valence-electron chi connectivity index (χ0n) is 10.9. The van der Waals surface area contributed by atoms with E-state index in [2.05, 4.69) is 4.90 Å². The molecule has 0 atom stereocenters. The standard InChI is InChI=1S/C14H21FN2O/c1-18-14-3-2-11(10-13(14)15)4-7-17-8-5-12(16)6-9-17/h2-3,10,12H,4-9,16H2,1H3. The zero-order chi connectivity index (χ0) is 13.0. The number of hydrogen-bond acceptors (Lipinski definition) is 3. The van der Waals surface area contributed by atoms with E-state index in [1.807, 2.05) is 6.07 Å². The second-order valence-electron chi connectivity index (χ2n) is 4.90. The van der Waals surface area contributed by atoms with Gasteiger partial charge in [-0.1, -0.05) is 6.07 Å². The van der Waals surface area contributed by atoms with E-state index in [0.29, 0.717) is 11.8 Å². The second kappa shape index (κ2) is 6.16. The fourth-order valence-corrected chi connectivity index (χ4v) is 2.33. The van der Waals surface area contributed by atoms with Crippen LogP contribution in [0, 0.1) is 5.82 Å². The summed E-state index contributed by atoms with van der Waals surface area (Å²) in [7, 11) is 1.48. The number of benzene rings is 1. The van der Waals surface area contributed by atoms with Gasteiger partial charge in [0, 0.05) is 12.6 Å². The van der Waals surface area contributed by atoms with Crippen LogP contribution in [0.4, 0.5) is 4.39 Å². The van der Waals surface area contributed by atoms with Crippen LogP contribution in [-0.4, -0.2) is 37.7 Å². The lowest BCUT2D eigenvalue weighted by Gasteiger charge is -2.29. The summed E-state index contributed by atoms with van der Waals surface area (Å²) in [6.07, 6.45) is 3.00. The zero-order valence-corrected chi connectivity index (χ0v) is 10.9. The molecule has 1 aliphatic heterocycles. The molecule has 4 heteroatoms. The maximum Gasteiger partial charge on any atom is 0.165 e. The third kappa shape index (κ3) is 3.43. The average molecular weight is 252 g/mol. The summed E-state index contributed by atoms with van der Waals surface area (Å²) < 4.78 is 18.4. The van der Waals surface area contributed by atoms with Gasteiger partial charge in [-0.25, -0.2) is 4.39 Å². The molecule has 0 aliphatic carbocycles. The first-order valence-electron chi connectivity index (χ1n) is 6.49. The molecule has 3 nitrogen and oxygen atoms in total. The molecule has 2 rings (SSSR count). The minimum atomic E-state index is -0.282. The number of hydrogen-bond donors (Lipinski definition) is 1. The van der Waals surface area contributed by atoms with E-state index in [9.17, 15) is 4.39 Å². The van der Waals surface area contributed by atoms with E-state index < -0.39 is 0 Å². The Hall–Kier alpha value is -1.13. The highest BCUT2D eigenvalue weighted by Crippen LogP contribution is 2.18. The first-order chi connectivity index (χ1) is 8.69. The first-order valence-corrected chi connectivity index (χ1v) is 6.49. The van der Waals surface area contributed by atoms with Crippen LogP contribution in [-0.2, 0) is 6.42 Å². The van der Waals surface area contributed by atoms with Gasteiger partial charge in [0.1, 0.15) is 0 Å². The van der Waals surface area contributed by atoms with Crippen molar-refractivity contribution in [3.63, 3.8) is 0 Å². The first kappa shape index (κ1) is 13.3.